The Kier molecular flexibility index (Phi) is 9.92. The average molecular weight is 579 g/mol. The van der Waals surface area contributed by atoms with E-state index in [2.05, 4.69) is 5.32 Å². The second kappa shape index (κ2) is 11.9. The number of amides is 2. The van der Waals surface area contributed by atoms with Gasteiger partial charge in [-0.2, -0.15) is 0 Å². The standard InChI is InChI=1S/C24H30Cl3N3O5S/c1-15(23(32)28-24(2,3)4)29(13-16-7-8-17(25)11-19(16)26)22(31)14-30(36(6,33)34)18-9-10-21(35-5)20(27)12-18/h7-12,15H,13-14H2,1-6H3,(H,28,32)/t15-/m1/s1. The maximum atomic E-state index is 13.6. The number of nitrogens with one attached hydrogen (secondary N) is 1. The van der Waals surface area contributed by atoms with Crippen molar-refractivity contribution in [3.63, 3.8) is 0 Å². The van der Waals surface area contributed by atoms with E-state index in [1.807, 2.05) is 20.8 Å². The van der Waals surface area contributed by atoms with E-state index in [0.717, 1.165) is 10.6 Å². The van der Waals surface area contributed by atoms with Gasteiger partial charge in [0.1, 0.15) is 18.3 Å². The van der Waals surface area contributed by atoms with Crippen molar-refractivity contribution in [3.05, 3.63) is 57.0 Å². The smallest absolute Gasteiger partial charge is 0.244 e. The van der Waals surface area contributed by atoms with Gasteiger partial charge in [-0.05, 0) is 63.6 Å². The van der Waals surface area contributed by atoms with Gasteiger partial charge in [-0.1, -0.05) is 40.9 Å². The fraction of sp³-hybridized carbons (Fsp3) is 0.417. The Morgan fingerprint density at radius 1 is 1.06 bits per heavy atom. The van der Waals surface area contributed by atoms with E-state index in [0.29, 0.717) is 21.4 Å². The number of nitrogens with zero attached hydrogens (tertiary/aromatic N) is 2. The van der Waals surface area contributed by atoms with Crippen LogP contribution in [0.1, 0.15) is 33.3 Å². The molecular formula is C24H30Cl3N3O5S. The van der Waals surface area contributed by atoms with Gasteiger partial charge in [-0.3, -0.25) is 13.9 Å². The Balaban J connectivity index is 2.47. The highest BCUT2D eigenvalue weighted by atomic mass is 35.5. The molecular weight excluding hydrogens is 549 g/mol. The molecule has 0 unspecified atom stereocenters. The summed E-state index contributed by atoms with van der Waals surface area (Å²) < 4.78 is 31.4. The minimum Gasteiger partial charge on any atom is -0.495 e. The summed E-state index contributed by atoms with van der Waals surface area (Å²) in [5.41, 5.74) is 0.174. The molecule has 0 saturated heterocycles. The zero-order chi connectivity index (χ0) is 27.4. The molecule has 2 aromatic rings. The second-order valence-corrected chi connectivity index (χ2v) is 12.4. The van der Waals surface area contributed by atoms with Crippen LogP contribution in [0.2, 0.25) is 15.1 Å². The number of benzene rings is 2. The van der Waals surface area contributed by atoms with Crippen LogP contribution in [-0.4, -0.2) is 56.6 Å². The highest BCUT2D eigenvalue weighted by Crippen LogP contribution is 2.30. The number of halogens is 3. The molecule has 0 aliphatic heterocycles. The van der Waals surface area contributed by atoms with Gasteiger partial charge >= 0.3 is 0 Å². The summed E-state index contributed by atoms with van der Waals surface area (Å²) >= 11 is 18.5. The third-order valence-electron chi connectivity index (χ3n) is 5.12. The molecule has 2 rings (SSSR count). The SMILES string of the molecule is COc1ccc(N(CC(=O)N(Cc2ccc(Cl)cc2Cl)[C@H](C)C(=O)NC(C)(C)C)S(C)(=O)=O)cc1Cl. The summed E-state index contributed by atoms with van der Waals surface area (Å²) in [5, 5.41) is 3.76. The first kappa shape index (κ1) is 30.0. The Morgan fingerprint density at radius 3 is 2.19 bits per heavy atom. The second-order valence-electron chi connectivity index (χ2n) is 9.26. The number of rotatable bonds is 9. The Labute approximate surface area is 227 Å². The van der Waals surface area contributed by atoms with Crippen LogP contribution in [0.3, 0.4) is 0 Å². The van der Waals surface area contributed by atoms with Gasteiger partial charge in [0.15, 0.2) is 0 Å². The predicted octanol–water partition coefficient (Wildman–Crippen LogP) is 4.75. The van der Waals surface area contributed by atoms with Gasteiger partial charge in [0, 0.05) is 22.1 Å². The van der Waals surface area contributed by atoms with Crippen LogP contribution in [0.5, 0.6) is 5.75 Å². The molecule has 8 nitrogen and oxygen atoms in total. The van der Waals surface area contributed by atoms with Gasteiger partial charge in [-0.25, -0.2) is 8.42 Å². The van der Waals surface area contributed by atoms with Gasteiger partial charge in [-0.15, -0.1) is 0 Å². The van der Waals surface area contributed by atoms with Crippen LogP contribution in [-0.2, 0) is 26.2 Å². The molecule has 0 heterocycles. The van der Waals surface area contributed by atoms with E-state index in [9.17, 15) is 18.0 Å². The fourth-order valence-electron chi connectivity index (χ4n) is 3.31. The number of hydrogen-bond donors (Lipinski definition) is 1. The van der Waals surface area contributed by atoms with E-state index < -0.39 is 40.0 Å². The van der Waals surface area contributed by atoms with Crippen molar-refractivity contribution in [1.29, 1.82) is 0 Å². The largest absolute Gasteiger partial charge is 0.495 e. The van der Waals surface area contributed by atoms with Crippen molar-refractivity contribution in [2.24, 2.45) is 0 Å². The Morgan fingerprint density at radius 2 is 1.69 bits per heavy atom. The average Bonchev–Trinajstić information content (AvgIpc) is 2.74. The predicted molar refractivity (Wildman–Crippen MR) is 145 cm³/mol. The van der Waals surface area contributed by atoms with Crippen LogP contribution in [0.15, 0.2) is 36.4 Å². The van der Waals surface area contributed by atoms with Gasteiger partial charge in [0.2, 0.25) is 21.8 Å². The summed E-state index contributed by atoms with van der Waals surface area (Å²) in [6, 6.07) is 8.24. The van der Waals surface area contributed by atoms with Crippen LogP contribution < -0.4 is 14.4 Å². The van der Waals surface area contributed by atoms with Crippen LogP contribution in [0.25, 0.3) is 0 Å². The van der Waals surface area contributed by atoms with Crippen molar-refractivity contribution in [2.45, 2.75) is 45.8 Å². The third-order valence-corrected chi connectivity index (χ3v) is 7.15. The minimum atomic E-state index is -3.90. The summed E-state index contributed by atoms with van der Waals surface area (Å²) in [5.74, 6) is -0.666. The lowest BCUT2D eigenvalue weighted by atomic mass is 10.1. The number of carbonyl (C=O) groups excluding carboxylic acids is 2. The Hall–Kier alpha value is -2.20. The lowest BCUT2D eigenvalue weighted by Crippen LogP contribution is -2.54. The quantitative estimate of drug-likeness (QED) is 0.463. The number of methoxy groups -OCH3 is 1. The van der Waals surface area contributed by atoms with Crippen LogP contribution in [0.4, 0.5) is 5.69 Å². The molecule has 2 aromatic carbocycles. The van der Waals surface area contributed by atoms with Crippen LogP contribution in [0, 0.1) is 0 Å². The molecule has 0 spiro atoms. The highest BCUT2D eigenvalue weighted by Gasteiger charge is 2.32. The maximum absolute atomic E-state index is 13.6. The van der Waals surface area contributed by atoms with Crippen molar-refractivity contribution >= 4 is 62.3 Å². The molecule has 12 heteroatoms. The summed E-state index contributed by atoms with van der Waals surface area (Å²) in [6.45, 7) is 6.40. The Bertz CT molecular complexity index is 1230. The molecule has 198 valence electrons. The first-order valence-corrected chi connectivity index (χ1v) is 13.9. The number of hydrogen-bond acceptors (Lipinski definition) is 5. The number of sulfonamides is 1. The lowest BCUT2D eigenvalue weighted by molar-refractivity contribution is -0.140. The molecule has 1 atom stereocenters. The normalized spacial score (nSPS) is 12.6. The summed E-state index contributed by atoms with van der Waals surface area (Å²) in [7, 11) is -2.47. The van der Waals surface area contributed by atoms with Crippen molar-refractivity contribution < 1.29 is 22.7 Å². The van der Waals surface area contributed by atoms with E-state index in [-0.39, 0.29) is 17.3 Å². The van der Waals surface area contributed by atoms with Gasteiger partial charge in [0.05, 0.1) is 24.1 Å². The molecule has 0 saturated carbocycles. The third kappa shape index (κ3) is 8.16. The molecule has 0 radical (unpaired) electrons. The first-order chi connectivity index (χ1) is 16.5. The fourth-order valence-corrected chi connectivity index (χ4v) is 4.88. The van der Waals surface area contributed by atoms with Crippen molar-refractivity contribution in [3.8, 4) is 5.75 Å². The van der Waals surface area contributed by atoms with Gasteiger partial charge < -0.3 is 15.0 Å². The molecule has 0 bridgehead atoms. The van der Waals surface area contributed by atoms with Crippen molar-refractivity contribution in [1.82, 2.24) is 10.2 Å². The molecule has 1 N–H and O–H groups in total. The molecule has 0 aromatic heterocycles. The molecule has 2 amide bonds. The minimum absolute atomic E-state index is 0.0471. The molecule has 36 heavy (non-hydrogen) atoms. The summed E-state index contributed by atoms with van der Waals surface area (Å²) in [6.07, 6.45) is 0.981. The zero-order valence-corrected chi connectivity index (χ0v) is 24.0. The van der Waals surface area contributed by atoms with Crippen LogP contribution >= 0.6 is 34.8 Å². The zero-order valence-electron chi connectivity index (χ0n) is 20.9. The monoisotopic (exact) mass is 577 g/mol. The van der Waals surface area contributed by atoms with E-state index in [1.54, 1.807) is 19.1 Å². The molecule has 0 aliphatic rings. The number of ether oxygens (including phenoxy) is 1. The van der Waals surface area contributed by atoms with Crippen molar-refractivity contribution in [2.75, 3.05) is 24.2 Å². The van der Waals surface area contributed by atoms with E-state index in [1.165, 1.54) is 36.3 Å². The number of carbonyl (C=O) groups is 2. The number of anilines is 1. The topological polar surface area (TPSA) is 96.0 Å². The molecule has 0 aliphatic carbocycles. The van der Waals surface area contributed by atoms with E-state index >= 15 is 0 Å². The maximum Gasteiger partial charge on any atom is 0.244 e. The highest BCUT2D eigenvalue weighted by molar-refractivity contribution is 7.92. The van der Waals surface area contributed by atoms with E-state index in [4.69, 9.17) is 39.5 Å². The van der Waals surface area contributed by atoms with Gasteiger partial charge in [0.25, 0.3) is 0 Å². The molecule has 0 fully saturated rings. The first-order valence-electron chi connectivity index (χ1n) is 10.9. The summed E-state index contributed by atoms with van der Waals surface area (Å²) in [4.78, 5) is 27.8. The lowest BCUT2D eigenvalue weighted by Gasteiger charge is -2.33.